The number of ether oxygens (including phenoxy) is 2. The van der Waals surface area contributed by atoms with Crippen molar-refractivity contribution in [2.24, 2.45) is 28.4 Å². The van der Waals surface area contributed by atoms with Gasteiger partial charge in [0.25, 0.3) is 5.91 Å². The van der Waals surface area contributed by atoms with Gasteiger partial charge in [0, 0.05) is 69.5 Å². The zero-order valence-electron chi connectivity index (χ0n) is 51.5. The SMILES string of the molecule is CCCNc1ccc(C(=O)NCCCCC(NC(=O)CCC(C)(C)OCCC(C)(C)OCCNC(=O)C(CCC(=O)O)NC(=O)CCC(NC(=O)C2CCC(CC)CC2)C(=O)O)C(N)=O)cc1.CNC(=O)CC(C)(C)CC(C)(C)CC(=O)O. The monoisotopic (exact) mass is 1170 g/mol. The van der Waals surface area contributed by atoms with Crippen LogP contribution in [0.3, 0.4) is 0 Å². The first-order chi connectivity index (χ1) is 38.7. The maximum atomic E-state index is 13.1. The summed E-state index contributed by atoms with van der Waals surface area (Å²) in [5.41, 5.74) is 5.23. The minimum atomic E-state index is -1.29. The number of amides is 7. The van der Waals surface area contributed by atoms with Crippen molar-refractivity contribution in [3.63, 3.8) is 0 Å². The van der Waals surface area contributed by atoms with E-state index in [1.54, 1.807) is 19.2 Å². The minimum absolute atomic E-state index is 0.00359. The lowest BCUT2D eigenvalue weighted by Gasteiger charge is -2.33. The number of hydrogen-bond donors (Lipinski definition) is 11. The van der Waals surface area contributed by atoms with Crippen LogP contribution in [0.25, 0.3) is 0 Å². The molecule has 1 aliphatic rings. The van der Waals surface area contributed by atoms with Gasteiger partial charge >= 0.3 is 17.9 Å². The van der Waals surface area contributed by atoms with Crippen molar-refractivity contribution in [2.45, 2.75) is 221 Å². The lowest BCUT2D eigenvalue weighted by atomic mass is 9.72. The number of carboxylic acid groups (broad SMARTS) is 3. The van der Waals surface area contributed by atoms with Crippen LogP contribution in [-0.2, 0) is 52.6 Å². The quantitative estimate of drug-likeness (QED) is 0.0325. The fourth-order valence-corrected chi connectivity index (χ4v) is 9.91. The van der Waals surface area contributed by atoms with E-state index in [1.807, 2.05) is 67.5 Å². The molecule has 0 aromatic heterocycles. The normalized spacial score (nSPS) is 15.6. The zero-order chi connectivity index (χ0) is 63.0. The van der Waals surface area contributed by atoms with Crippen molar-refractivity contribution in [3.8, 4) is 0 Å². The molecule has 83 heavy (non-hydrogen) atoms. The number of anilines is 1. The van der Waals surface area contributed by atoms with Gasteiger partial charge in [0.2, 0.25) is 35.4 Å². The summed E-state index contributed by atoms with van der Waals surface area (Å²) in [5, 5.41) is 46.9. The van der Waals surface area contributed by atoms with Gasteiger partial charge in [0.05, 0.1) is 30.8 Å². The molecule has 1 aliphatic carbocycles. The molecule has 0 bridgehead atoms. The largest absolute Gasteiger partial charge is 0.481 e. The summed E-state index contributed by atoms with van der Waals surface area (Å²) >= 11 is 0. The third-order valence-corrected chi connectivity index (χ3v) is 14.5. The molecule has 3 atom stereocenters. The molecular weight excluding hydrogens is 1070 g/mol. The second kappa shape index (κ2) is 37.8. The van der Waals surface area contributed by atoms with Crippen LogP contribution >= 0.6 is 0 Å². The van der Waals surface area contributed by atoms with Gasteiger partial charge in [-0.15, -0.1) is 0 Å². The first-order valence-corrected chi connectivity index (χ1v) is 29.5. The van der Waals surface area contributed by atoms with Crippen LogP contribution < -0.4 is 43.0 Å². The van der Waals surface area contributed by atoms with Gasteiger partial charge in [-0.1, -0.05) is 48.0 Å². The highest BCUT2D eigenvalue weighted by atomic mass is 16.5. The Kier molecular flexibility index (Phi) is 34.0. The maximum Gasteiger partial charge on any atom is 0.326 e. The van der Waals surface area contributed by atoms with Gasteiger partial charge in [0.1, 0.15) is 18.1 Å². The summed E-state index contributed by atoms with van der Waals surface area (Å²) in [6, 6.07) is 3.90. The van der Waals surface area contributed by atoms with E-state index < -0.39 is 71.4 Å². The van der Waals surface area contributed by atoms with Gasteiger partial charge < -0.3 is 67.7 Å². The van der Waals surface area contributed by atoms with Gasteiger partial charge in [-0.3, -0.25) is 43.2 Å². The Morgan fingerprint density at radius 1 is 0.614 bits per heavy atom. The summed E-state index contributed by atoms with van der Waals surface area (Å²) in [7, 11) is 1.61. The van der Waals surface area contributed by atoms with E-state index in [1.165, 1.54) is 0 Å². The van der Waals surface area contributed by atoms with Crippen LogP contribution in [0.4, 0.5) is 5.69 Å². The maximum absolute atomic E-state index is 13.1. The highest BCUT2D eigenvalue weighted by Crippen LogP contribution is 2.38. The summed E-state index contributed by atoms with van der Waals surface area (Å²) in [6.07, 6.45) is 7.74. The first-order valence-electron chi connectivity index (χ1n) is 29.5. The number of unbranched alkanes of at least 4 members (excludes halogenated alkanes) is 1. The Balaban J connectivity index is 0.00000186. The van der Waals surface area contributed by atoms with E-state index in [9.17, 15) is 58.2 Å². The Hall–Kier alpha value is -6.36. The smallest absolute Gasteiger partial charge is 0.326 e. The molecule has 12 N–H and O–H groups in total. The predicted molar refractivity (Wildman–Crippen MR) is 316 cm³/mol. The molecule has 0 radical (unpaired) electrons. The van der Waals surface area contributed by atoms with Crippen LogP contribution in [0.2, 0.25) is 0 Å². The molecule has 0 heterocycles. The molecule has 0 aliphatic heterocycles. The fraction of sp³-hybridized carbons (Fsp3) is 0.733. The highest BCUT2D eigenvalue weighted by molar-refractivity contribution is 5.94. The van der Waals surface area contributed by atoms with Crippen LogP contribution in [0.1, 0.15) is 202 Å². The Morgan fingerprint density at radius 3 is 1.76 bits per heavy atom. The third kappa shape index (κ3) is 34.1. The topological polar surface area (TPSA) is 360 Å². The molecule has 1 aromatic rings. The Labute approximate surface area is 492 Å². The van der Waals surface area contributed by atoms with Crippen molar-refractivity contribution >= 4 is 64.9 Å². The van der Waals surface area contributed by atoms with Crippen molar-refractivity contribution < 1.29 is 72.7 Å². The number of nitrogens with two attached hydrogens (primary N) is 1. The number of carbonyl (C=O) groups excluding carboxylic acids is 7. The van der Waals surface area contributed by atoms with Gasteiger partial charge in [-0.2, -0.15) is 0 Å². The van der Waals surface area contributed by atoms with E-state index in [2.05, 4.69) is 51.1 Å². The average molecular weight is 1180 g/mol. The zero-order valence-corrected chi connectivity index (χ0v) is 51.5. The molecule has 23 nitrogen and oxygen atoms in total. The number of carboxylic acids is 3. The van der Waals surface area contributed by atoms with Crippen molar-refractivity contribution in [3.05, 3.63) is 29.8 Å². The van der Waals surface area contributed by atoms with Gasteiger partial charge in [-0.05, 0) is 152 Å². The number of hydrogen-bond acceptors (Lipinski definition) is 13. The molecule has 3 unspecified atom stereocenters. The van der Waals surface area contributed by atoms with E-state index in [0.29, 0.717) is 75.8 Å². The number of nitrogens with one attached hydrogen (secondary N) is 7. The van der Waals surface area contributed by atoms with E-state index in [0.717, 1.165) is 37.9 Å². The third-order valence-electron chi connectivity index (χ3n) is 14.5. The molecule has 2 rings (SSSR count). The molecule has 0 saturated heterocycles. The second-order valence-electron chi connectivity index (χ2n) is 24.6. The van der Waals surface area contributed by atoms with Crippen LogP contribution in [0.15, 0.2) is 24.3 Å². The van der Waals surface area contributed by atoms with Gasteiger partial charge in [-0.25, -0.2) is 4.79 Å². The van der Waals surface area contributed by atoms with E-state index >= 15 is 0 Å². The lowest BCUT2D eigenvalue weighted by Crippen LogP contribution is -2.49. The molecular formula is C60H102N8O15. The molecule has 0 spiro atoms. The molecule has 1 fully saturated rings. The van der Waals surface area contributed by atoms with Crippen LogP contribution in [0.5, 0.6) is 0 Å². The molecule has 7 amide bonds. The number of benzene rings is 1. The van der Waals surface area contributed by atoms with Crippen molar-refractivity contribution in [1.29, 1.82) is 0 Å². The van der Waals surface area contributed by atoms with Crippen LogP contribution in [0, 0.1) is 22.7 Å². The highest BCUT2D eigenvalue weighted by Gasteiger charge is 2.33. The van der Waals surface area contributed by atoms with Crippen LogP contribution in [-0.4, -0.2) is 144 Å². The number of primary amides is 1. The lowest BCUT2D eigenvalue weighted by molar-refractivity contribution is -0.143. The molecule has 1 aromatic carbocycles. The number of carbonyl (C=O) groups is 10. The minimum Gasteiger partial charge on any atom is -0.481 e. The average Bonchev–Trinajstić information content (AvgIpc) is 3.46. The Morgan fingerprint density at radius 2 is 1.19 bits per heavy atom. The fourth-order valence-electron chi connectivity index (χ4n) is 9.91. The number of rotatable bonds is 40. The molecule has 472 valence electrons. The standard InChI is InChI=1S/C48H79N7O12.C12H23NO3/c1-7-27-50-35-18-16-33(17-19-35)43(61)51-28-10-9-11-36(42(49)60)53-40(57)24-25-47(3,4)66-30-26-48(5,6)67-31-29-52-45(63)37(21-23-41(58)59)54-39(56)22-20-38(46(64)65)55-44(62)34-14-12-32(8-2)13-15-34;1-11(2,6-9(14)13-5)8-12(3,4)7-10(15)16/h16-19,32,34,36-38,50H,7-15,20-31H2,1-6H3,(H2,49,60)(H,51,61)(H,52,63)(H,53,57)(H,54,56)(H,55,62)(H,58,59)(H,64,65);6-8H2,1-5H3,(H,13,14)(H,15,16). The second-order valence-corrected chi connectivity index (χ2v) is 24.6. The van der Waals surface area contributed by atoms with Gasteiger partial charge in [0.15, 0.2) is 0 Å². The first kappa shape index (κ1) is 74.7. The van der Waals surface area contributed by atoms with E-state index in [4.69, 9.17) is 20.3 Å². The predicted octanol–water partition coefficient (Wildman–Crippen LogP) is 6.21. The summed E-state index contributed by atoms with van der Waals surface area (Å²) < 4.78 is 12.1. The van der Waals surface area contributed by atoms with Crippen molar-refractivity contribution in [1.82, 2.24) is 31.9 Å². The molecule has 23 heteroatoms. The summed E-state index contributed by atoms with van der Waals surface area (Å²) in [5.74, 6) is -5.75. The molecule has 1 saturated carbocycles. The Bertz CT molecular complexity index is 2230. The number of aliphatic carboxylic acids is 3. The summed E-state index contributed by atoms with van der Waals surface area (Å²) in [6.45, 7) is 21.1. The van der Waals surface area contributed by atoms with Crippen molar-refractivity contribution in [2.75, 3.05) is 45.2 Å². The summed E-state index contributed by atoms with van der Waals surface area (Å²) in [4.78, 5) is 121. The van der Waals surface area contributed by atoms with E-state index in [-0.39, 0.29) is 92.2 Å².